The fourth-order valence-electron chi connectivity index (χ4n) is 2.30. The summed E-state index contributed by atoms with van der Waals surface area (Å²) in [6.07, 6.45) is 6.97. The molecule has 1 fully saturated rings. The van der Waals surface area contributed by atoms with Gasteiger partial charge in [-0.15, -0.1) is 0 Å². The van der Waals surface area contributed by atoms with Crippen LogP contribution in [0.1, 0.15) is 39.5 Å². The third-order valence-corrected chi connectivity index (χ3v) is 3.58. The monoisotopic (exact) mass is 234 g/mol. The van der Waals surface area contributed by atoms with Crippen LogP contribution in [0.15, 0.2) is 18.3 Å². The quantitative estimate of drug-likeness (QED) is 0.869. The smallest absolute Gasteiger partial charge is 0.129 e. The first-order valence-corrected chi connectivity index (χ1v) is 6.39. The van der Waals surface area contributed by atoms with Crippen molar-refractivity contribution in [2.24, 2.45) is 5.41 Å². The molecule has 1 N–H and O–H groups in total. The molecule has 0 spiro atoms. The van der Waals surface area contributed by atoms with Gasteiger partial charge in [-0.1, -0.05) is 13.8 Å². The molecule has 1 heterocycles. The van der Waals surface area contributed by atoms with Crippen molar-refractivity contribution >= 4 is 5.82 Å². The molecule has 1 aliphatic rings. The number of nitrogens with zero attached hydrogens (tertiary/aromatic N) is 1. The van der Waals surface area contributed by atoms with Crippen LogP contribution >= 0.6 is 0 Å². The summed E-state index contributed by atoms with van der Waals surface area (Å²) >= 11 is 0. The molecule has 0 unspecified atom stereocenters. The lowest BCUT2D eigenvalue weighted by Crippen LogP contribution is -2.28. The molecule has 17 heavy (non-hydrogen) atoms. The number of pyridine rings is 1. The van der Waals surface area contributed by atoms with E-state index >= 15 is 0 Å². The maximum absolute atomic E-state index is 6.01. The van der Waals surface area contributed by atoms with E-state index in [9.17, 15) is 0 Å². The minimum absolute atomic E-state index is 0.370. The molecule has 3 heteroatoms. The van der Waals surface area contributed by atoms with Crippen molar-refractivity contribution in [3.63, 3.8) is 0 Å². The highest BCUT2D eigenvalue weighted by Gasteiger charge is 2.27. The average molecular weight is 234 g/mol. The van der Waals surface area contributed by atoms with E-state index < -0.39 is 0 Å². The lowest BCUT2D eigenvalue weighted by Gasteiger charge is -2.34. The first-order valence-electron chi connectivity index (χ1n) is 6.39. The molecule has 0 aromatic carbocycles. The molecular formula is C14H22N2O. The summed E-state index contributed by atoms with van der Waals surface area (Å²) in [5.41, 5.74) is 0.494. The maximum Gasteiger partial charge on any atom is 0.129 e. The van der Waals surface area contributed by atoms with E-state index in [-0.39, 0.29) is 0 Å². The van der Waals surface area contributed by atoms with Crippen LogP contribution in [-0.2, 0) is 0 Å². The van der Waals surface area contributed by atoms with Crippen LogP contribution in [0.3, 0.4) is 0 Å². The van der Waals surface area contributed by atoms with Crippen molar-refractivity contribution < 1.29 is 4.74 Å². The van der Waals surface area contributed by atoms with Crippen molar-refractivity contribution in [3.05, 3.63) is 18.3 Å². The van der Waals surface area contributed by atoms with Crippen LogP contribution in [0.4, 0.5) is 5.82 Å². The van der Waals surface area contributed by atoms with Crippen molar-refractivity contribution in [1.29, 1.82) is 0 Å². The summed E-state index contributed by atoms with van der Waals surface area (Å²) in [5.74, 6) is 1.78. The normalized spacial score (nSPS) is 19.9. The Morgan fingerprint density at radius 2 is 2.06 bits per heavy atom. The van der Waals surface area contributed by atoms with Gasteiger partial charge in [0.2, 0.25) is 0 Å². The Morgan fingerprint density at radius 1 is 1.35 bits per heavy atom. The summed E-state index contributed by atoms with van der Waals surface area (Å²) in [6.45, 7) is 4.68. The molecule has 0 amide bonds. The molecule has 0 saturated heterocycles. The van der Waals surface area contributed by atoms with Gasteiger partial charge in [-0.25, -0.2) is 4.98 Å². The summed E-state index contributed by atoms with van der Waals surface area (Å²) < 4.78 is 6.01. The highest BCUT2D eigenvalue weighted by atomic mass is 16.5. The van der Waals surface area contributed by atoms with E-state index in [0.717, 1.165) is 24.4 Å². The van der Waals surface area contributed by atoms with Crippen LogP contribution < -0.4 is 10.1 Å². The zero-order chi connectivity index (χ0) is 12.3. The molecular weight excluding hydrogens is 212 g/mol. The molecule has 1 saturated carbocycles. The van der Waals surface area contributed by atoms with E-state index in [2.05, 4.69) is 24.1 Å². The Morgan fingerprint density at radius 3 is 2.71 bits per heavy atom. The molecule has 2 rings (SSSR count). The molecule has 3 nitrogen and oxygen atoms in total. The third kappa shape index (κ3) is 3.35. The standard InChI is InChI=1S/C14H22N2O/c1-14(2)7-4-11(5-8-14)17-12-6-9-16-13(10-12)15-3/h6,9-11H,4-5,7-8H2,1-3H3,(H,15,16). The van der Waals surface area contributed by atoms with Crippen molar-refractivity contribution in [1.82, 2.24) is 4.98 Å². The Labute approximate surface area is 104 Å². The Bertz CT molecular complexity index is 366. The van der Waals surface area contributed by atoms with Gasteiger partial charge in [0, 0.05) is 19.3 Å². The van der Waals surface area contributed by atoms with E-state index in [1.54, 1.807) is 6.20 Å². The predicted molar refractivity (Wildman–Crippen MR) is 70.4 cm³/mol. The average Bonchev–Trinajstić information content (AvgIpc) is 2.32. The second-order valence-electron chi connectivity index (χ2n) is 5.61. The Balaban J connectivity index is 1.93. The van der Waals surface area contributed by atoms with Gasteiger partial charge in [0.25, 0.3) is 0 Å². The lowest BCUT2D eigenvalue weighted by atomic mass is 9.76. The highest BCUT2D eigenvalue weighted by Crippen LogP contribution is 2.36. The Hall–Kier alpha value is -1.25. The maximum atomic E-state index is 6.01. The number of aromatic nitrogens is 1. The molecule has 0 bridgehead atoms. The van der Waals surface area contributed by atoms with Gasteiger partial charge in [0.15, 0.2) is 0 Å². The minimum atomic E-state index is 0.370. The van der Waals surface area contributed by atoms with Gasteiger partial charge < -0.3 is 10.1 Å². The molecule has 94 valence electrons. The zero-order valence-corrected chi connectivity index (χ0v) is 11.0. The fourth-order valence-corrected chi connectivity index (χ4v) is 2.30. The minimum Gasteiger partial charge on any atom is -0.490 e. The van der Waals surface area contributed by atoms with Crippen LogP contribution in [0, 0.1) is 5.41 Å². The zero-order valence-electron chi connectivity index (χ0n) is 11.0. The summed E-state index contributed by atoms with van der Waals surface area (Å²) in [4.78, 5) is 4.18. The second kappa shape index (κ2) is 4.94. The molecule has 0 radical (unpaired) electrons. The number of anilines is 1. The summed E-state index contributed by atoms with van der Waals surface area (Å²) in [6, 6.07) is 3.89. The molecule has 1 aromatic heterocycles. The fraction of sp³-hybridized carbons (Fsp3) is 0.643. The summed E-state index contributed by atoms with van der Waals surface area (Å²) in [7, 11) is 1.87. The number of hydrogen-bond acceptors (Lipinski definition) is 3. The third-order valence-electron chi connectivity index (χ3n) is 3.58. The number of hydrogen-bond donors (Lipinski definition) is 1. The van der Waals surface area contributed by atoms with Crippen molar-refractivity contribution in [3.8, 4) is 5.75 Å². The van der Waals surface area contributed by atoms with E-state index in [4.69, 9.17) is 4.74 Å². The van der Waals surface area contributed by atoms with Crippen LogP contribution in [0.25, 0.3) is 0 Å². The van der Waals surface area contributed by atoms with Crippen molar-refractivity contribution in [2.75, 3.05) is 12.4 Å². The van der Waals surface area contributed by atoms with Gasteiger partial charge in [-0.2, -0.15) is 0 Å². The van der Waals surface area contributed by atoms with Gasteiger partial charge in [0.05, 0.1) is 6.10 Å². The van der Waals surface area contributed by atoms with E-state index in [1.165, 1.54) is 12.8 Å². The lowest BCUT2D eigenvalue weighted by molar-refractivity contribution is 0.0987. The second-order valence-corrected chi connectivity index (χ2v) is 5.61. The van der Waals surface area contributed by atoms with E-state index in [1.807, 2.05) is 19.2 Å². The first kappa shape index (κ1) is 12.2. The largest absolute Gasteiger partial charge is 0.490 e. The molecule has 0 aliphatic heterocycles. The molecule has 1 aromatic rings. The SMILES string of the molecule is CNc1cc(OC2CCC(C)(C)CC2)ccn1. The topological polar surface area (TPSA) is 34.1 Å². The van der Waals surface area contributed by atoms with Gasteiger partial charge in [-0.05, 0) is 37.2 Å². The van der Waals surface area contributed by atoms with Crippen molar-refractivity contribution in [2.45, 2.75) is 45.6 Å². The van der Waals surface area contributed by atoms with E-state index in [0.29, 0.717) is 11.5 Å². The Kier molecular flexibility index (Phi) is 3.55. The number of ether oxygens (including phenoxy) is 1. The predicted octanol–water partition coefficient (Wildman–Crippen LogP) is 3.47. The summed E-state index contributed by atoms with van der Waals surface area (Å²) in [5, 5.41) is 3.03. The van der Waals surface area contributed by atoms with Crippen LogP contribution in [-0.4, -0.2) is 18.1 Å². The number of rotatable bonds is 3. The first-order chi connectivity index (χ1) is 8.09. The van der Waals surface area contributed by atoms with Gasteiger partial charge in [-0.3, -0.25) is 0 Å². The van der Waals surface area contributed by atoms with Crippen LogP contribution in [0.5, 0.6) is 5.75 Å². The molecule has 0 atom stereocenters. The van der Waals surface area contributed by atoms with Gasteiger partial charge >= 0.3 is 0 Å². The number of nitrogens with one attached hydrogen (secondary N) is 1. The van der Waals surface area contributed by atoms with Gasteiger partial charge in [0.1, 0.15) is 11.6 Å². The highest BCUT2D eigenvalue weighted by molar-refractivity contribution is 5.39. The molecule has 1 aliphatic carbocycles. The van der Waals surface area contributed by atoms with Crippen LogP contribution in [0.2, 0.25) is 0 Å².